The minimum absolute atomic E-state index is 0.0946. The van der Waals surface area contributed by atoms with Gasteiger partial charge in [-0.25, -0.2) is 5.10 Å². The summed E-state index contributed by atoms with van der Waals surface area (Å²) in [4.78, 5) is 12.1. The molecule has 0 radical (unpaired) electrons. The topological polar surface area (TPSA) is 58.2 Å². The summed E-state index contributed by atoms with van der Waals surface area (Å²) in [5.74, 6) is -1.52. The van der Waals surface area contributed by atoms with Crippen LogP contribution in [0.4, 0.5) is 13.2 Å². The molecule has 0 bridgehead atoms. The van der Waals surface area contributed by atoms with Crippen LogP contribution in [0.15, 0.2) is 6.20 Å². The third-order valence-corrected chi connectivity index (χ3v) is 2.95. The molecule has 1 aliphatic heterocycles. The molecular weight excluding hydrogens is 251 g/mol. The average molecular weight is 263 g/mol. The van der Waals surface area contributed by atoms with E-state index in [-0.39, 0.29) is 6.54 Å². The highest BCUT2D eigenvalue weighted by Gasteiger charge is 2.46. The molecule has 1 unspecified atom stereocenters. The first-order chi connectivity index (χ1) is 8.45. The van der Waals surface area contributed by atoms with Crippen molar-refractivity contribution in [2.75, 3.05) is 13.7 Å². The number of H-pyrrole nitrogens is 1. The Bertz CT molecular complexity index is 444. The second-order valence-corrected chi connectivity index (χ2v) is 4.01. The maximum atomic E-state index is 12.5. The molecular formula is C10H12F3N3O2. The second kappa shape index (κ2) is 4.51. The van der Waals surface area contributed by atoms with Gasteiger partial charge in [0.1, 0.15) is 0 Å². The fraction of sp³-hybridized carbons (Fsp3) is 0.600. The van der Waals surface area contributed by atoms with Crippen LogP contribution in [0.2, 0.25) is 0 Å². The number of hydrogen-bond acceptors (Lipinski definition) is 3. The van der Waals surface area contributed by atoms with Crippen molar-refractivity contribution in [2.45, 2.75) is 25.1 Å². The maximum Gasteiger partial charge on any atom is 0.471 e. The highest BCUT2D eigenvalue weighted by Crippen LogP contribution is 2.38. The van der Waals surface area contributed by atoms with Crippen molar-refractivity contribution in [1.82, 2.24) is 15.1 Å². The maximum absolute atomic E-state index is 12.5. The number of methoxy groups -OCH3 is 1. The Morgan fingerprint density at radius 3 is 2.94 bits per heavy atom. The van der Waals surface area contributed by atoms with Gasteiger partial charge in [-0.15, -0.1) is 0 Å². The molecule has 1 fully saturated rings. The Kier molecular flexibility index (Phi) is 3.18. The number of carbonyl (C=O) groups is 1. The van der Waals surface area contributed by atoms with Crippen LogP contribution in [0.3, 0.4) is 0 Å². The van der Waals surface area contributed by atoms with E-state index < -0.39 is 18.1 Å². The quantitative estimate of drug-likeness (QED) is 0.882. The Morgan fingerprint density at radius 1 is 1.61 bits per heavy atom. The molecule has 5 nitrogen and oxygen atoms in total. The summed E-state index contributed by atoms with van der Waals surface area (Å²) in [6.45, 7) is 0.0946. The summed E-state index contributed by atoms with van der Waals surface area (Å²) >= 11 is 0. The molecule has 1 aliphatic rings. The van der Waals surface area contributed by atoms with Gasteiger partial charge < -0.3 is 9.64 Å². The number of amides is 1. The number of ether oxygens (including phenoxy) is 1. The predicted molar refractivity (Wildman–Crippen MR) is 54.9 cm³/mol. The molecule has 1 saturated heterocycles. The Hall–Kier alpha value is -1.73. The third kappa shape index (κ3) is 2.14. The molecule has 2 rings (SSSR count). The molecule has 2 heterocycles. The minimum Gasteiger partial charge on any atom is -0.481 e. The van der Waals surface area contributed by atoms with Crippen molar-refractivity contribution in [2.24, 2.45) is 0 Å². The molecule has 8 heteroatoms. The lowest BCUT2D eigenvalue weighted by atomic mass is 10.1. The molecule has 0 saturated carbocycles. The molecule has 1 aromatic rings. The minimum atomic E-state index is -4.85. The number of alkyl halides is 3. The lowest BCUT2D eigenvalue weighted by molar-refractivity contribution is -0.186. The van der Waals surface area contributed by atoms with Gasteiger partial charge in [0.05, 0.1) is 24.9 Å². The van der Waals surface area contributed by atoms with Crippen molar-refractivity contribution in [1.29, 1.82) is 0 Å². The average Bonchev–Trinajstić information content (AvgIpc) is 2.94. The van der Waals surface area contributed by atoms with Gasteiger partial charge in [-0.1, -0.05) is 0 Å². The van der Waals surface area contributed by atoms with Crippen LogP contribution < -0.4 is 4.74 Å². The Morgan fingerprint density at radius 2 is 2.33 bits per heavy atom. The van der Waals surface area contributed by atoms with Gasteiger partial charge in [0.15, 0.2) is 0 Å². The Balaban J connectivity index is 2.26. The van der Waals surface area contributed by atoms with Gasteiger partial charge in [0.2, 0.25) is 5.88 Å². The molecule has 0 aliphatic carbocycles. The highest BCUT2D eigenvalue weighted by atomic mass is 19.4. The molecule has 100 valence electrons. The predicted octanol–water partition coefficient (Wildman–Crippen LogP) is 1.64. The number of hydrogen-bond donors (Lipinski definition) is 1. The SMILES string of the molecule is COc1[nH]ncc1C1CCCN1C(=O)C(F)(F)F. The summed E-state index contributed by atoms with van der Waals surface area (Å²) in [6, 6.07) is -0.632. The van der Waals surface area contributed by atoms with Gasteiger partial charge in [-0.2, -0.15) is 18.3 Å². The number of likely N-dealkylation sites (tertiary alicyclic amines) is 1. The summed E-state index contributed by atoms with van der Waals surface area (Å²) in [5, 5.41) is 6.26. The summed E-state index contributed by atoms with van der Waals surface area (Å²) in [6.07, 6.45) is -2.45. The van der Waals surface area contributed by atoms with Crippen molar-refractivity contribution in [3.63, 3.8) is 0 Å². The van der Waals surface area contributed by atoms with Crippen molar-refractivity contribution in [3.05, 3.63) is 11.8 Å². The lowest BCUT2D eigenvalue weighted by Gasteiger charge is -2.25. The fourth-order valence-electron chi connectivity index (χ4n) is 2.18. The van der Waals surface area contributed by atoms with E-state index in [2.05, 4.69) is 10.2 Å². The van der Waals surface area contributed by atoms with Crippen molar-refractivity contribution < 1.29 is 22.7 Å². The van der Waals surface area contributed by atoms with E-state index in [1.54, 1.807) is 0 Å². The molecule has 0 spiro atoms. The molecule has 1 aromatic heterocycles. The van der Waals surface area contributed by atoms with Crippen molar-refractivity contribution in [3.8, 4) is 5.88 Å². The van der Waals surface area contributed by atoms with Crippen LogP contribution in [0.25, 0.3) is 0 Å². The Labute approximate surface area is 101 Å². The number of rotatable bonds is 2. The third-order valence-electron chi connectivity index (χ3n) is 2.95. The molecule has 1 N–H and O–H groups in total. The fourth-order valence-corrected chi connectivity index (χ4v) is 2.18. The van der Waals surface area contributed by atoms with Gasteiger partial charge >= 0.3 is 12.1 Å². The van der Waals surface area contributed by atoms with E-state index in [4.69, 9.17) is 4.74 Å². The summed E-state index contributed by atoms with van der Waals surface area (Å²) in [7, 11) is 1.39. The summed E-state index contributed by atoms with van der Waals surface area (Å²) in [5.41, 5.74) is 0.479. The number of aromatic amines is 1. The van der Waals surface area contributed by atoms with E-state index in [1.807, 2.05) is 0 Å². The lowest BCUT2D eigenvalue weighted by Crippen LogP contribution is -2.40. The molecule has 0 aromatic carbocycles. The van der Waals surface area contributed by atoms with E-state index >= 15 is 0 Å². The first kappa shape index (κ1) is 12.7. The molecule has 1 amide bonds. The number of aromatic nitrogens is 2. The van der Waals surface area contributed by atoms with E-state index in [0.717, 1.165) is 4.90 Å². The van der Waals surface area contributed by atoms with Gasteiger partial charge in [-0.3, -0.25) is 4.79 Å². The summed E-state index contributed by atoms with van der Waals surface area (Å²) < 4.78 is 42.3. The molecule has 1 atom stereocenters. The number of carbonyl (C=O) groups excluding carboxylic acids is 1. The number of halogens is 3. The normalized spacial score (nSPS) is 20.2. The van der Waals surface area contributed by atoms with Crippen LogP contribution in [0.5, 0.6) is 5.88 Å². The van der Waals surface area contributed by atoms with E-state index in [9.17, 15) is 18.0 Å². The molecule has 18 heavy (non-hydrogen) atoms. The largest absolute Gasteiger partial charge is 0.481 e. The standard InChI is InChI=1S/C10H12F3N3O2/c1-18-8-6(5-14-15-8)7-3-2-4-16(7)9(17)10(11,12)13/h5,7H,2-4H2,1H3,(H,14,15). The van der Waals surface area contributed by atoms with Crippen molar-refractivity contribution >= 4 is 5.91 Å². The highest BCUT2D eigenvalue weighted by molar-refractivity contribution is 5.82. The van der Waals surface area contributed by atoms with Crippen LogP contribution in [-0.2, 0) is 4.79 Å². The zero-order valence-corrected chi connectivity index (χ0v) is 9.62. The zero-order chi connectivity index (χ0) is 13.3. The first-order valence-electron chi connectivity index (χ1n) is 5.40. The van der Waals surface area contributed by atoms with Crippen LogP contribution in [-0.4, -0.2) is 40.8 Å². The van der Waals surface area contributed by atoms with Gasteiger partial charge in [0, 0.05) is 6.54 Å². The second-order valence-electron chi connectivity index (χ2n) is 4.01. The first-order valence-corrected chi connectivity index (χ1v) is 5.40. The smallest absolute Gasteiger partial charge is 0.471 e. The number of nitrogens with one attached hydrogen (secondary N) is 1. The van der Waals surface area contributed by atoms with Crippen LogP contribution in [0.1, 0.15) is 24.4 Å². The van der Waals surface area contributed by atoms with Crippen LogP contribution >= 0.6 is 0 Å². The van der Waals surface area contributed by atoms with Gasteiger partial charge in [-0.05, 0) is 12.8 Å². The number of nitrogens with zero attached hydrogens (tertiary/aromatic N) is 2. The van der Waals surface area contributed by atoms with E-state index in [1.165, 1.54) is 13.3 Å². The van der Waals surface area contributed by atoms with Crippen LogP contribution in [0, 0.1) is 0 Å². The monoisotopic (exact) mass is 263 g/mol. The van der Waals surface area contributed by atoms with Gasteiger partial charge in [0.25, 0.3) is 0 Å². The zero-order valence-electron chi connectivity index (χ0n) is 9.62. The van der Waals surface area contributed by atoms with E-state index in [0.29, 0.717) is 24.3 Å².